The van der Waals surface area contributed by atoms with Crippen molar-refractivity contribution in [2.45, 2.75) is 12.5 Å². The minimum absolute atomic E-state index is 0.00346. The number of thioether (sulfide) groups is 1. The molecule has 3 rings (SSSR count). The Labute approximate surface area is 126 Å². The van der Waals surface area contributed by atoms with Crippen molar-refractivity contribution in [3.8, 4) is 0 Å². The van der Waals surface area contributed by atoms with Crippen LogP contribution in [0.4, 0.5) is 0 Å². The Morgan fingerprint density at radius 3 is 3.05 bits per heavy atom. The van der Waals surface area contributed by atoms with Gasteiger partial charge in [-0.15, -0.1) is 0 Å². The number of carboxylic acid groups (broad SMARTS) is 1. The van der Waals surface area contributed by atoms with Crippen LogP contribution in [-0.4, -0.2) is 51.0 Å². The zero-order valence-corrected chi connectivity index (χ0v) is 12.2. The molecule has 1 aliphatic rings. The van der Waals surface area contributed by atoms with Gasteiger partial charge in [0.05, 0.1) is 12.5 Å². The number of carboxylic acids is 1. The molecule has 1 amide bonds. The second kappa shape index (κ2) is 5.81. The molecule has 0 saturated carbocycles. The molecule has 6 heteroatoms. The third-order valence-corrected chi connectivity index (χ3v) is 4.79. The second-order valence-corrected chi connectivity index (χ2v) is 6.25. The third-order valence-electron chi connectivity index (χ3n) is 3.70. The number of amides is 1. The first kappa shape index (κ1) is 14.0. The topological polar surface area (TPSA) is 73.4 Å². The molecule has 1 unspecified atom stereocenters. The SMILES string of the molecule is O=C(O)CC1CSCCN1C(=O)c1ccc2cc[nH]c2c1. The van der Waals surface area contributed by atoms with Gasteiger partial charge in [-0.05, 0) is 23.6 Å². The minimum atomic E-state index is -0.861. The van der Waals surface area contributed by atoms with Crippen LogP contribution in [0.25, 0.3) is 10.9 Å². The molecule has 1 saturated heterocycles. The number of hydrogen-bond acceptors (Lipinski definition) is 3. The second-order valence-electron chi connectivity index (χ2n) is 5.10. The number of H-pyrrole nitrogens is 1. The molecule has 0 spiro atoms. The van der Waals surface area contributed by atoms with Crippen LogP contribution in [0.2, 0.25) is 0 Å². The highest BCUT2D eigenvalue weighted by Gasteiger charge is 2.29. The number of benzene rings is 1. The van der Waals surface area contributed by atoms with Gasteiger partial charge in [-0.25, -0.2) is 0 Å². The molecular weight excluding hydrogens is 288 g/mol. The molecular formula is C15H16N2O3S. The zero-order chi connectivity index (χ0) is 14.8. The molecule has 1 aliphatic heterocycles. The van der Waals surface area contributed by atoms with Crippen molar-refractivity contribution < 1.29 is 14.7 Å². The van der Waals surface area contributed by atoms with Gasteiger partial charge < -0.3 is 15.0 Å². The van der Waals surface area contributed by atoms with Crippen LogP contribution in [0.5, 0.6) is 0 Å². The summed E-state index contributed by atoms with van der Waals surface area (Å²) in [5.74, 6) is 0.591. The number of aliphatic carboxylic acids is 1. The molecule has 2 heterocycles. The summed E-state index contributed by atoms with van der Waals surface area (Å²) in [6.07, 6.45) is 1.84. The van der Waals surface area contributed by atoms with E-state index in [9.17, 15) is 9.59 Å². The van der Waals surface area contributed by atoms with Crippen molar-refractivity contribution in [2.75, 3.05) is 18.1 Å². The zero-order valence-electron chi connectivity index (χ0n) is 11.4. The smallest absolute Gasteiger partial charge is 0.305 e. The van der Waals surface area contributed by atoms with Crippen molar-refractivity contribution in [2.24, 2.45) is 0 Å². The highest BCUT2D eigenvalue weighted by molar-refractivity contribution is 7.99. The van der Waals surface area contributed by atoms with E-state index in [1.54, 1.807) is 22.7 Å². The molecule has 2 aromatic rings. The van der Waals surface area contributed by atoms with Crippen molar-refractivity contribution in [1.29, 1.82) is 0 Å². The maximum absolute atomic E-state index is 12.7. The van der Waals surface area contributed by atoms with E-state index in [1.807, 2.05) is 24.4 Å². The normalized spacial score (nSPS) is 18.9. The standard InChI is InChI=1S/C15H16N2O3S/c18-14(19)8-12-9-21-6-5-17(12)15(20)11-2-1-10-3-4-16-13(10)7-11/h1-4,7,12,16H,5-6,8-9H2,(H,18,19). The molecule has 0 aliphatic carbocycles. The molecule has 21 heavy (non-hydrogen) atoms. The minimum Gasteiger partial charge on any atom is -0.481 e. The van der Waals surface area contributed by atoms with E-state index in [2.05, 4.69) is 4.98 Å². The lowest BCUT2D eigenvalue weighted by molar-refractivity contribution is -0.138. The monoisotopic (exact) mass is 304 g/mol. The van der Waals surface area contributed by atoms with Gasteiger partial charge in [0.25, 0.3) is 5.91 Å². The summed E-state index contributed by atoms with van der Waals surface area (Å²) >= 11 is 1.70. The van der Waals surface area contributed by atoms with Gasteiger partial charge in [-0.3, -0.25) is 9.59 Å². The highest BCUT2D eigenvalue weighted by Crippen LogP contribution is 2.23. The van der Waals surface area contributed by atoms with Crippen LogP contribution >= 0.6 is 11.8 Å². The summed E-state index contributed by atoms with van der Waals surface area (Å²) in [4.78, 5) is 28.4. The van der Waals surface area contributed by atoms with Gasteiger partial charge in [-0.1, -0.05) is 6.07 Å². The number of rotatable bonds is 3. The number of carbonyl (C=O) groups is 2. The van der Waals surface area contributed by atoms with Gasteiger partial charge in [0.1, 0.15) is 0 Å². The van der Waals surface area contributed by atoms with E-state index < -0.39 is 5.97 Å². The molecule has 1 atom stereocenters. The van der Waals surface area contributed by atoms with Gasteiger partial charge >= 0.3 is 5.97 Å². The highest BCUT2D eigenvalue weighted by atomic mass is 32.2. The largest absolute Gasteiger partial charge is 0.481 e. The summed E-state index contributed by atoms with van der Waals surface area (Å²) in [5.41, 5.74) is 1.52. The number of aromatic nitrogens is 1. The molecule has 1 aromatic heterocycles. The number of carbonyl (C=O) groups excluding carboxylic acids is 1. The number of hydrogen-bond donors (Lipinski definition) is 2. The van der Waals surface area contributed by atoms with Gasteiger partial charge in [0, 0.05) is 35.3 Å². The third kappa shape index (κ3) is 2.90. The fourth-order valence-electron chi connectivity index (χ4n) is 2.64. The molecule has 110 valence electrons. The molecule has 1 aromatic carbocycles. The number of nitrogens with zero attached hydrogens (tertiary/aromatic N) is 1. The van der Waals surface area contributed by atoms with Gasteiger partial charge in [0.2, 0.25) is 0 Å². The van der Waals surface area contributed by atoms with Crippen LogP contribution in [0.1, 0.15) is 16.8 Å². The molecule has 0 bridgehead atoms. The van der Waals surface area contributed by atoms with Crippen LogP contribution in [0.15, 0.2) is 30.5 Å². The Kier molecular flexibility index (Phi) is 3.88. The number of aromatic amines is 1. The predicted octanol–water partition coefficient (Wildman–Crippen LogP) is 2.20. The first-order valence-electron chi connectivity index (χ1n) is 6.83. The predicted molar refractivity (Wildman–Crippen MR) is 82.7 cm³/mol. The van der Waals surface area contributed by atoms with Crippen LogP contribution in [0, 0.1) is 0 Å². The molecule has 5 nitrogen and oxygen atoms in total. The Hall–Kier alpha value is -1.95. The average molecular weight is 304 g/mol. The summed E-state index contributed by atoms with van der Waals surface area (Å²) in [5, 5.41) is 10.1. The Bertz CT molecular complexity index is 682. The fraction of sp³-hybridized carbons (Fsp3) is 0.333. The Morgan fingerprint density at radius 1 is 1.38 bits per heavy atom. The van der Waals surface area contributed by atoms with Crippen LogP contribution < -0.4 is 0 Å². The van der Waals surface area contributed by atoms with E-state index in [-0.39, 0.29) is 18.4 Å². The lowest BCUT2D eigenvalue weighted by atomic mass is 10.1. The summed E-state index contributed by atoms with van der Waals surface area (Å²) in [6, 6.07) is 7.27. The first-order valence-corrected chi connectivity index (χ1v) is 7.98. The van der Waals surface area contributed by atoms with Gasteiger partial charge in [-0.2, -0.15) is 11.8 Å². The Morgan fingerprint density at radius 2 is 2.24 bits per heavy atom. The lowest BCUT2D eigenvalue weighted by Crippen LogP contribution is -2.47. The molecule has 2 N–H and O–H groups in total. The van der Waals surface area contributed by atoms with Crippen LogP contribution in [-0.2, 0) is 4.79 Å². The van der Waals surface area contributed by atoms with Crippen molar-refractivity contribution >= 4 is 34.5 Å². The fourth-order valence-corrected chi connectivity index (χ4v) is 3.70. The Balaban J connectivity index is 1.85. The summed E-state index contributed by atoms with van der Waals surface area (Å²) in [7, 11) is 0. The number of fused-ring (bicyclic) bond motifs is 1. The van der Waals surface area contributed by atoms with E-state index in [1.165, 1.54) is 0 Å². The van der Waals surface area contributed by atoms with Gasteiger partial charge in [0.15, 0.2) is 0 Å². The van der Waals surface area contributed by atoms with E-state index in [0.29, 0.717) is 17.9 Å². The number of nitrogens with one attached hydrogen (secondary N) is 1. The molecule has 0 radical (unpaired) electrons. The average Bonchev–Trinajstić information content (AvgIpc) is 2.94. The van der Waals surface area contributed by atoms with Crippen LogP contribution in [0.3, 0.4) is 0 Å². The van der Waals surface area contributed by atoms with E-state index in [4.69, 9.17) is 5.11 Å². The summed E-state index contributed by atoms with van der Waals surface area (Å²) in [6.45, 7) is 0.601. The maximum atomic E-state index is 12.7. The van der Waals surface area contributed by atoms with E-state index in [0.717, 1.165) is 16.7 Å². The van der Waals surface area contributed by atoms with E-state index >= 15 is 0 Å². The van der Waals surface area contributed by atoms with Crippen molar-refractivity contribution in [3.63, 3.8) is 0 Å². The first-order chi connectivity index (χ1) is 10.1. The van der Waals surface area contributed by atoms with Crippen molar-refractivity contribution in [1.82, 2.24) is 9.88 Å². The lowest BCUT2D eigenvalue weighted by Gasteiger charge is -2.34. The summed E-state index contributed by atoms with van der Waals surface area (Å²) < 4.78 is 0. The molecule has 1 fully saturated rings. The quantitative estimate of drug-likeness (QED) is 0.911. The maximum Gasteiger partial charge on any atom is 0.305 e. The van der Waals surface area contributed by atoms with Crippen molar-refractivity contribution in [3.05, 3.63) is 36.0 Å².